The summed E-state index contributed by atoms with van der Waals surface area (Å²) in [5.74, 6) is -1.04. The summed E-state index contributed by atoms with van der Waals surface area (Å²) in [6.07, 6.45) is -2.44. The van der Waals surface area contributed by atoms with E-state index in [4.69, 9.17) is 4.74 Å². The van der Waals surface area contributed by atoms with Gasteiger partial charge in [-0.3, -0.25) is 9.59 Å². The predicted octanol–water partition coefficient (Wildman–Crippen LogP) is 3.61. The number of carbonyl (C=O) groups is 2. The van der Waals surface area contributed by atoms with Crippen molar-refractivity contribution >= 4 is 11.7 Å². The second kappa shape index (κ2) is 6.36. The van der Waals surface area contributed by atoms with E-state index >= 15 is 0 Å². The largest absolute Gasteiger partial charge is 0.496 e. The number of methoxy groups -OCH3 is 1. The molecule has 1 amide bonds. The molecule has 0 aromatic heterocycles. The molecule has 1 aliphatic heterocycles. The molecule has 0 saturated carbocycles. The number of allylic oxidation sites excluding steroid dienone is 1. The van der Waals surface area contributed by atoms with Crippen molar-refractivity contribution in [1.82, 2.24) is 4.90 Å². The number of carbonyl (C=O) groups excluding carboxylic acids is 2. The minimum absolute atomic E-state index is 0.0929. The highest BCUT2D eigenvalue weighted by atomic mass is 19.4. The zero-order valence-corrected chi connectivity index (χ0v) is 15.7. The monoisotopic (exact) mass is 392 g/mol. The number of benzene rings is 1. The topological polar surface area (TPSA) is 70.4 Å². The van der Waals surface area contributed by atoms with Crippen molar-refractivity contribution in [3.63, 3.8) is 0 Å². The normalized spacial score (nSPS) is 20.2. The van der Waals surface area contributed by atoms with Gasteiger partial charge in [-0.05, 0) is 24.6 Å². The lowest BCUT2D eigenvalue weighted by atomic mass is 9.61. The number of likely N-dealkylation sites (tertiary alicyclic amines) is 1. The molecule has 0 radical (unpaired) electrons. The van der Waals surface area contributed by atoms with E-state index in [0.717, 1.165) is 25.3 Å². The Labute approximate surface area is 160 Å². The number of rotatable bonds is 2. The highest BCUT2D eigenvalue weighted by Crippen LogP contribution is 2.48. The van der Waals surface area contributed by atoms with E-state index in [1.54, 1.807) is 19.9 Å². The van der Waals surface area contributed by atoms with Crippen LogP contribution in [0.1, 0.15) is 36.2 Å². The highest BCUT2D eigenvalue weighted by molar-refractivity contribution is 6.04. The molecule has 1 aromatic rings. The lowest BCUT2D eigenvalue weighted by Gasteiger charge is -2.53. The zero-order chi connectivity index (χ0) is 20.9. The quantitative estimate of drug-likeness (QED) is 0.771. The van der Waals surface area contributed by atoms with Gasteiger partial charge in [0.05, 0.1) is 18.2 Å². The standard InChI is InChI=1S/C20H19F3N2O3/c1-18(2)9-19(7-13(8-24)16(18)26)10-25(11-19)17(27)12-4-5-14(20(21,22)23)15(6-12)28-3/h4-7H,9-11H2,1-3H3. The van der Waals surface area contributed by atoms with Crippen LogP contribution in [0.2, 0.25) is 0 Å². The molecule has 1 heterocycles. The SMILES string of the molecule is COc1cc(C(=O)N2CC3(C=C(C#N)C(=O)C(C)(C)C3)C2)ccc1C(F)(F)F. The average Bonchev–Trinajstić information content (AvgIpc) is 2.59. The van der Waals surface area contributed by atoms with Gasteiger partial charge in [0.25, 0.3) is 5.91 Å². The molecule has 3 rings (SSSR count). The summed E-state index contributed by atoms with van der Waals surface area (Å²) in [6, 6.07) is 4.97. The van der Waals surface area contributed by atoms with Crippen molar-refractivity contribution < 1.29 is 27.5 Å². The Morgan fingerprint density at radius 1 is 1.29 bits per heavy atom. The van der Waals surface area contributed by atoms with E-state index in [0.29, 0.717) is 19.5 Å². The first-order valence-electron chi connectivity index (χ1n) is 8.65. The van der Waals surface area contributed by atoms with E-state index < -0.39 is 34.2 Å². The second-order valence-corrected chi connectivity index (χ2v) is 8.00. The summed E-state index contributed by atoms with van der Waals surface area (Å²) in [5.41, 5.74) is -1.92. The first kappa shape index (κ1) is 19.9. The van der Waals surface area contributed by atoms with Gasteiger partial charge in [0, 0.05) is 29.5 Å². The van der Waals surface area contributed by atoms with Crippen LogP contribution in [-0.2, 0) is 11.0 Å². The zero-order valence-electron chi connectivity index (χ0n) is 15.7. The lowest BCUT2D eigenvalue weighted by molar-refractivity contribution is -0.138. The summed E-state index contributed by atoms with van der Waals surface area (Å²) in [5, 5.41) is 9.22. The first-order chi connectivity index (χ1) is 12.9. The molecule has 28 heavy (non-hydrogen) atoms. The van der Waals surface area contributed by atoms with Crippen molar-refractivity contribution in [3.05, 3.63) is 41.0 Å². The Morgan fingerprint density at radius 2 is 1.93 bits per heavy atom. The minimum atomic E-state index is -4.58. The number of hydrogen-bond acceptors (Lipinski definition) is 4. The minimum Gasteiger partial charge on any atom is -0.496 e. The van der Waals surface area contributed by atoms with Crippen LogP contribution in [0.15, 0.2) is 29.8 Å². The molecule has 0 N–H and O–H groups in total. The molecule has 1 aromatic carbocycles. The van der Waals surface area contributed by atoms with Crippen LogP contribution in [0.3, 0.4) is 0 Å². The van der Waals surface area contributed by atoms with Gasteiger partial charge in [0.1, 0.15) is 11.8 Å². The fourth-order valence-electron chi connectivity index (χ4n) is 4.13. The molecule has 0 bridgehead atoms. The summed E-state index contributed by atoms with van der Waals surface area (Å²) in [4.78, 5) is 26.4. The summed E-state index contributed by atoms with van der Waals surface area (Å²) in [6.45, 7) is 4.15. The van der Waals surface area contributed by atoms with Crippen molar-refractivity contribution in [2.75, 3.05) is 20.2 Å². The first-order valence-corrected chi connectivity index (χ1v) is 8.65. The summed E-state index contributed by atoms with van der Waals surface area (Å²) < 4.78 is 43.7. The Hall–Kier alpha value is -2.82. The Morgan fingerprint density at radius 3 is 2.46 bits per heavy atom. The van der Waals surface area contributed by atoms with Crippen molar-refractivity contribution in [1.29, 1.82) is 5.26 Å². The third kappa shape index (κ3) is 3.26. The molecule has 0 unspecified atom stereocenters. The van der Waals surface area contributed by atoms with Crippen LogP contribution in [0.4, 0.5) is 13.2 Å². The lowest BCUT2D eigenvalue weighted by Crippen LogP contribution is -2.60. The maximum atomic E-state index is 13.0. The number of hydrogen-bond donors (Lipinski definition) is 0. The van der Waals surface area contributed by atoms with Gasteiger partial charge in [0.15, 0.2) is 5.78 Å². The van der Waals surface area contributed by atoms with Crippen LogP contribution in [0.25, 0.3) is 0 Å². The van der Waals surface area contributed by atoms with E-state index in [2.05, 4.69) is 0 Å². The third-order valence-corrected chi connectivity index (χ3v) is 5.28. The molecule has 5 nitrogen and oxygen atoms in total. The molecule has 2 aliphatic rings. The number of halogens is 3. The Bertz CT molecular complexity index is 920. The Balaban J connectivity index is 1.82. The van der Waals surface area contributed by atoms with E-state index in [9.17, 15) is 28.0 Å². The predicted molar refractivity (Wildman–Crippen MR) is 93.4 cm³/mol. The molecule has 1 spiro atoms. The fraction of sp³-hybridized carbons (Fsp3) is 0.450. The van der Waals surface area contributed by atoms with Gasteiger partial charge in [-0.2, -0.15) is 18.4 Å². The number of alkyl halides is 3. The van der Waals surface area contributed by atoms with Gasteiger partial charge in [-0.25, -0.2) is 0 Å². The van der Waals surface area contributed by atoms with Crippen LogP contribution < -0.4 is 4.74 Å². The average molecular weight is 392 g/mol. The molecule has 0 atom stereocenters. The van der Waals surface area contributed by atoms with Gasteiger partial charge < -0.3 is 9.64 Å². The van der Waals surface area contributed by atoms with E-state index in [-0.39, 0.29) is 16.9 Å². The maximum Gasteiger partial charge on any atom is 0.419 e. The van der Waals surface area contributed by atoms with E-state index in [1.165, 1.54) is 4.90 Å². The van der Waals surface area contributed by atoms with Crippen molar-refractivity contribution in [2.45, 2.75) is 26.4 Å². The molecular formula is C20H19F3N2O3. The Kier molecular flexibility index (Phi) is 4.53. The molecule has 148 valence electrons. The van der Waals surface area contributed by atoms with Crippen LogP contribution in [0, 0.1) is 22.2 Å². The number of nitrogens with zero attached hydrogens (tertiary/aromatic N) is 2. The number of amides is 1. The van der Waals surface area contributed by atoms with Gasteiger partial charge in [-0.15, -0.1) is 0 Å². The van der Waals surface area contributed by atoms with Crippen LogP contribution >= 0.6 is 0 Å². The fourth-order valence-corrected chi connectivity index (χ4v) is 4.13. The van der Waals surface area contributed by atoms with E-state index in [1.807, 2.05) is 6.07 Å². The van der Waals surface area contributed by atoms with Crippen LogP contribution in [0.5, 0.6) is 5.75 Å². The van der Waals surface area contributed by atoms with Crippen molar-refractivity contribution in [2.24, 2.45) is 10.8 Å². The molecule has 1 saturated heterocycles. The van der Waals surface area contributed by atoms with Gasteiger partial charge >= 0.3 is 6.18 Å². The van der Waals surface area contributed by atoms with Crippen molar-refractivity contribution in [3.8, 4) is 11.8 Å². The second-order valence-electron chi connectivity index (χ2n) is 8.00. The molecule has 8 heteroatoms. The molecular weight excluding hydrogens is 373 g/mol. The maximum absolute atomic E-state index is 13.0. The number of ketones is 1. The highest BCUT2D eigenvalue weighted by Gasteiger charge is 2.52. The summed E-state index contributed by atoms with van der Waals surface area (Å²) in [7, 11) is 1.12. The number of Topliss-reactive ketones (excluding diaryl/α,β-unsaturated/α-hetero) is 1. The molecule has 1 aliphatic carbocycles. The number of ether oxygens (including phenoxy) is 1. The summed E-state index contributed by atoms with van der Waals surface area (Å²) >= 11 is 0. The van der Waals surface area contributed by atoms with Crippen LogP contribution in [-0.4, -0.2) is 36.8 Å². The van der Waals surface area contributed by atoms with Gasteiger partial charge in [0.2, 0.25) is 0 Å². The molecule has 1 fully saturated rings. The smallest absolute Gasteiger partial charge is 0.419 e. The van der Waals surface area contributed by atoms with Gasteiger partial charge in [-0.1, -0.05) is 19.9 Å². The third-order valence-electron chi connectivity index (χ3n) is 5.28. The number of nitriles is 1.